The molecule has 1 aromatic heterocycles. The zero-order valence-corrected chi connectivity index (χ0v) is 13.4. The molecule has 0 aromatic carbocycles. The normalized spacial score (nSPS) is 20.4. The van der Waals surface area contributed by atoms with Crippen molar-refractivity contribution in [2.45, 2.75) is 36.8 Å². The van der Waals surface area contributed by atoms with Crippen LogP contribution in [-0.4, -0.2) is 58.6 Å². The minimum atomic E-state index is -0.838. The minimum absolute atomic E-state index is 0.00187. The van der Waals surface area contributed by atoms with Crippen molar-refractivity contribution in [3.05, 3.63) is 11.1 Å². The summed E-state index contributed by atoms with van der Waals surface area (Å²) >= 11 is 3.16. The number of nitrogens with zero attached hydrogens (tertiary/aromatic N) is 2. The summed E-state index contributed by atoms with van der Waals surface area (Å²) in [5.74, 6) is 0.0264. The van der Waals surface area contributed by atoms with E-state index in [-0.39, 0.29) is 12.5 Å². The van der Waals surface area contributed by atoms with Crippen LogP contribution in [0.2, 0.25) is 0 Å². The molecule has 5 nitrogen and oxygen atoms in total. The molecule has 1 unspecified atom stereocenters. The van der Waals surface area contributed by atoms with Crippen molar-refractivity contribution in [1.82, 2.24) is 9.88 Å². The highest BCUT2D eigenvalue weighted by Gasteiger charge is 2.22. The van der Waals surface area contributed by atoms with Gasteiger partial charge in [-0.1, -0.05) is 11.8 Å². The predicted molar refractivity (Wildman–Crippen MR) is 80.6 cm³/mol. The van der Waals surface area contributed by atoms with Gasteiger partial charge in [-0.3, -0.25) is 9.69 Å². The number of aromatic nitrogens is 1. The summed E-state index contributed by atoms with van der Waals surface area (Å²) in [7, 11) is 0. The fourth-order valence-electron chi connectivity index (χ4n) is 2.07. The summed E-state index contributed by atoms with van der Waals surface area (Å²) in [4.78, 5) is 17.4. The fraction of sp³-hybridized carbons (Fsp3) is 0.692. The third-order valence-corrected chi connectivity index (χ3v) is 5.36. The van der Waals surface area contributed by atoms with E-state index in [1.807, 2.05) is 5.38 Å². The van der Waals surface area contributed by atoms with Gasteiger partial charge in [-0.05, 0) is 13.8 Å². The topological polar surface area (TPSA) is 62.7 Å². The lowest BCUT2D eigenvalue weighted by Gasteiger charge is -2.35. The number of carbonyl (C=O) groups is 1. The first-order valence-electron chi connectivity index (χ1n) is 6.69. The summed E-state index contributed by atoms with van der Waals surface area (Å²) < 4.78 is 6.69. The van der Waals surface area contributed by atoms with Crippen LogP contribution in [0.1, 0.15) is 19.5 Å². The van der Waals surface area contributed by atoms with Gasteiger partial charge in [0.1, 0.15) is 4.34 Å². The molecule has 20 heavy (non-hydrogen) atoms. The maximum atomic E-state index is 10.6. The summed E-state index contributed by atoms with van der Waals surface area (Å²) in [6.07, 6.45) is 0.223. The summed E-state index contributed by atoms with van der Waals surface area (Å²) in [6.45, 7) is 7.14. The van der Waals surface area contributed by atoms with Gasteiger partial charge in [-0.15, -0.1) is 11.3 Å². The smallest absolute Gasteiger partial charge is 0.309 e. The Hall–Kier alpha value is -0.630. The second kappa shape index (κ2) is 7.40. The summed E-state index contributed by atoms with van der Waals surface area (Å²) in [5, 5.41) is 10.5. The van der Waals surface area contributed by atoms with E-state index in [2.05, 4.69) is 23.7 Å². The van der Waals surface area contributed by atoms with E-state index in [1.54, 1.807) is 11.8 Å². The number of hydrogen-bond acceptors (Lipinski definition) is 6. The van der Waals surface area contributed by atoms with Gasteiger partial charge in [0.2, 0.25) is 0 Å². The van der Waals surface area contributed by atoms with E-state index in [0.717, 1.165) is 29.8 Å². The summed E-state index contributed by atoms with van der Waals surface area (Å²) in [6, 6.07) is 0.549. The van der Waals surface area contributed by atoms with Gasteiger partial charge in [0, 0.05) is 30.3 Å². The Morgan fingerprint density at radius 2 is 2.50 bits per heavy atom. The molecule has 2 rings (SSSR count). The van der Waals surface area contributed by atoms with Crippen LogP contribution in [0.5, 0.6) is 0 Å². The molecular formula is C13H20N2O3S2. The number of carboxylic acids is 1. The van der Waals surface area contributed by atoms with Gasteiger partial charge in [-0.2, -0.15) is 0 Å². The lowest BCUT2D eigenvalue weighted by molar-refractivity contribution is -0.136. The Labute approximate surface area is 127 Å². The molecule has 1 aliphatic heterocycles. The quantitative estimate of drug-likeness (QED) is 0.810. The predicted octanol–water partition coefficient (Wildman–Crippen LogP) is 1.97. The molecule has 1 atom stereocenters. The molecule has 0 saturated carbocycles. The third kappa shape index (κ3) is 4.73. The number of morpholine rings is 1. The Morgan fingerprint density at radius 1 is 1.70 bits per heavy atom. The number of aliphatic carboxylic acids is 1. The molecule has 7 heteroatoms. The molecule has 1 aliphatic rings. The molecule has 112 valence electrons. The van der Waals surface area contributed by atoms with Crippen molar-refractivity contribution in [3.63, 3.8) is 0 Å². The maximum absolute atomic E-state index is 10.6. The SMILES string of the molecule is CC(C)N1CCOC(CSc2nc(CC(=O)O)cs2)C1. The van der Waals surface area contributed by atoms with Crippen LogP contribution in [-0.2, 0) is 16.0 Å². The lowest BCUT2D eigenvalue weighted by atomic mass is 10.2. The van der Waals surface area contributed by atoms with Gasteiger partial charge in [0.15, 0.2) is 0 Å². The second-order valence-electron chi connectivity index (χ2n) is 5.07. The third-order valence-electron chi connectivity index (χ3n) is 3.16. The highest BCUT2D eigenvalue weighted by atomic mass is 32.2. The molecule has 0 radical (unpaired) electrons. The Kier molecular flexibility index (Phi) is 5.83. The van der Waals surface area contributed by atoms with Crippen molar-refractivity contribution in [1.29, 1.82) is 0 Å². The Morgan fingerprint density at radius 3 is 3.20 bits per heavy atom. The zero-order valence-electron chi connectivity index (χ0n) is 11.7. The van der Waals surface area contributed by atoms with Crippen LogP contribution in [0.3, 0.4) is 0 Å². The van der Waals surface area contributed by atoms with Crippen molar-refractivity contribution in [2.75, 3.05) is 25.4 Å². The molecular weight excluding hydrogens is 296 g/mol. The molecule has 2 heterocycles. The van der Waals surface area contributed by atoms with Crippen LogP contribution in [0, 0.1) is 0 Å². The average Bonchev–Trinajstić information content (AvgIpc) is 2.83. The minimum Gasteiger partial charge on any atom is -0.481 e. The van der Waals surface area contributed by atoms with Gasteiger partial charge >= 0.3 is 5.97 Å². The van der Waals surface area contributed by atoms with Gasteiger partial charge < -0.3 is 9.84 Å². The van der Waals surface area contributed by atoms with Crippen molar-refractivity contribution < 1.29 is 14.6 Å². The van der Waals surface area contributed by atoms with Crippen LogP contribution in [0.4, 0.5) is 0 Å². The van der Waals surface area contributed by atoms with Crippen molar-refractivity contribution in [2.24, 2.45) is 0 Å². The Balaban J connectivity index is 1.79. The number of carboxylic acid groups (broad SMARTS) is 1. The molecule has 1 aromatic rings. The van der Waals surface area contributed by atoms with Crippen LogP contribution in [0.25, 0.3) is 0 Å². The average molecular weight is 316 g/mol. The highest BCUT2D eigenvalue weighted by molar-refractivity contribution is 8.01. The zero-order chi connectivity index (χ0) is 14.5. The Bertz CT molecular complexity index is 451. The standard InChI is InChI=1S/C13H20N2O3S2/c1-9(2)15-3-4-18-11(6-15)8-20-13-14-10(7-19-13)5-12(16)17/h7,9,11H,3-6,8H2,1-2H3,(H,16,17). The van der Waals surface area contributed by atoms with Crippen LogP contribution in [0.15, 0.2) is 9.72 Å². The van der Waals surface area contributed by atoms with E-state index in [0.29, 0.717) is 11.7 Å². The van der Waals surface area contributed by atoms with Crippen LogP contribution < -0.4 is 0 Å². The van der Waals surface area contributed by atoms with Crippen molar-refractivity contribution in [3.8, 4) is 0 Å². The molecule has 1 fully saturated rings. The fourth-order valence-corrected chi connectivity index (χ4v) is 3.94. The van der Waals surface area contributed by atoms with E-state index in [9.17, 15) is 4.79 Å². The first-order chi connectivity index (χ1) is 9.54. The number of thioether (sulfide) groups is 1. The molecule has 1 N–H and O–H groups in total. The van der Waals surface area contributed by atoms with Gasteiger partial charge in [-0.25, -0.2) is 4.98 Å². The van der Waals surface area contributed by atoms with E-state index in [1.165, 1.54) is 11.3 Å². The first-order valence-corrected chi connectivity index (χ1v) is 8.55. The highest BCUT2D eigenvalue weighted by Crippen LogP contribution is 2.25. The maximum Gasteiger partial charge on any atom is 0.309 e. The molecule has 0 bridgehead atoms. The van der Waals surface area contributed by atoms with Crippen LogP contribution >= 0.6 is 23.1 Å². The van der Waals surface area contributed by atoms with Gasteiger partial charge in [0.25, 0.3) is 0 Å². The molecule has 0 spiro atoms. The summed E-state index contributed by atoms with van der Waals surface area (Å²) in [5.41, 5.74) is 0.637. The number of hydrogen-bond donors (Lipinski definition) is 1. The number of rotatable bonds is 6. The second-order valence-corrected chi connectivity index (χ2v) is 7.19. The lowest BCUT2D eigenvalue weighted by Crippen LogP contribution is -2.46. The van der Waals surface area contributed by atoms with E-state index in [4.69, 9.17) is 9.84 Å². The van der Waals surface area contributed by atoms with E-state index < -0.39 is 5.97 Å². The monoisotopic (exact) mass is 316 g/mol. The van der Waals surface area contributed by atoms with Gasteiger partial charge in [0.05, 0.1) is 24.8 Å². The molecule has 0 aliphatic carbocycles. The van der Waals surface area contributed by atoms with E-state index >= 15 is 0 Å². The molecule has 1 saturated heterocycles. The van der Waals surface area contributed by atoms with Crippen molar-refractivity contribution >= 4 is 29.1 Å². The largest absolute Gasteiger partial charge is 0.481 e. The number of ether oxygens (including phenoxy) is 1. The first kappa shape index (κ1) is 15.8. The number of thiazole rings is 1. The molecule has 0 amide bonds.